The third-order valence-electron chi connectivity index (χ3n) is 4.19. The number of methoxy groups -OCH3 is 1. The molecule has 2 aromatic carbocycles. The molecular weight excluding hydrogens is 484 g/mol. The van der Waals surface area contributed by atoms with Crippen LogP contribution >= 0.6 is 15.9 Å². The van der Waals surface area contributed by atoms with Crippen molar-refractivity contribution in [3.05, 3.63) is 86.0 Å². The van der Waals surface area contributed by atoms with Gasteiger partial charge < -0.3 is 14.6 Å². The zero-order valence-electron chi connectivity index (χ0n) is 16.7. The molecule has 3 aromatic rings. The number of hydrogen-bond acceptors (Lipinski definition) is 8. The van der Waals surface area contributed by atoms with E-state index in [0.717, 1.165) is 11.8 Å². The Morgan fingerprint density at radius 3 is 2.62 bits per heavy atom. The lowest BCUT2D eigenvalue weighted by Crippen LogP contribution is -2.01. The molecule has 1 heterocycles. The molecule has 164 valence electrons. The van der Waals surface area contributed by atoms with Crippen LogP contribution in [0.5, 0.6) is 11.5 Å². The van der Waals surface area contributed by atoms with Gasteiger partial charge in [-0.05, 0) is 57.4 Å². The highest BCUT2D eigenvalue weighted by Crippen LogP contribution is 2.36. The Labute approximate surface area is 190 Å². The van der Waals surface area contributed by atoms with Gasteiger partial charge in [0.1, 0.15) is 18.6 Å². The predicted octanol–water partition coefficient (Wildman–Crippen LogP) is 4.48. The molecule has 0 spiro atoms. The molecule has 10 nitrogen and oxygen atoms in total. The van der Waals surface area contributed by atoms with E-state index in [1.165, 1.54) is 37.6 Å². The van der Waals surface area contributed by atoms with E-state index in [9.17, 15) is 14.9 Å². The Hall–Kier alpha value is -3.99. The fourth-order valence-corrected chi connectivity index (χ4v) is 3.16. The lowest BCUT2D eigenvalue weighted by atomic mass is 10.1. The van der Waals surface area contributed by atoms with Gasteiger partial charge in [0.2, 0.25) is 0 Å². The molecule has 2 N–H and O–H groups in total. The smallest absolute Gasteiger partial charge is 0.335 e. The van der Waals surface area contributed by atoms with Crippen molar-refractivity contribution in [2.24, 2.45) is 5.10 Å². The molecule has 0 bridgehead atoms. The summed E-state index contributed by atoms with van der Waals surface area (Å²) in [6.07, 6.45) is 2.67. The van der Waals surface area contributed by atoms with E-state index in [2.05, 4.69) is 31.4 Å². The number of benzene rings is 2. The van der Waals surface area contributed by atoms with Gasteiger partial charge in [0.25, 0.3) is 5.69 Å². The maximum absolute atomic E-state index is 10.9. The highest BCUT2D eigenvalue weighted by atomic mass is 79.9. The van der Waals surface area contributed by atoms with E-state index in [4.69, 9.17) is 14.6 Å². The minimum atomic E-state index is -0.988. The Balaban J connectivity index is 1.67. The van der Waals surface area contributed by atoms with Gasteiger partial charge in [0.05, 0.1) is 28.3 Å². The summed E-state index contributed by atoms with van der Waals surface area (Å²) in [6.45, 7) is 0.218. The van der Waals surface area contributed by atoms with Crippen molar-refractivity contribution in [1.82, 2.24) is 4.98 Å². The minimum absolute atomic E-state index is 0.110. The number of nitrogens with one attached hydrogen (secondary N) is 1. The van der Waals surface area contributed by atoms with Crippen molar-refractivity contribution in [3.63, 3.8) is 0 Å². The summed E-state index contributed by atoms with van der Waals surface area (Å²) in [4.78, 5) is 25.0. The monoisotopic (exact) mass is 500 g/mol. The quantitative estimate of drug-likeness (QED) is 0.249. The molecule has 0 saturated heterocycles. The van der Waals surface area contributed by atoms with Crippen molar-refractivity contribution in [2.75, 3.05) is 12.5 Å². The van der Waals surface area contributed by atoms with Gasteiger partial charge in [0.15, 0.2) is 11.5 Å². The molecule has 0 radical (unpaired) electrons. The fourth-order valence-electron chi connectivity index (χ4n) is 2.59. The van der Waals surface area contributed by atoms with Crippen LogP contribution in [-0.4, -0.2) is 34.3 Å². The average Bonchev–Trinajstić information content (AvgIpc) is 2.78. The van der Waals surface area contributed by atoms with Gasteiger partial charge >= 0.3 is 5.97 Å². The van der Waals surface area contributed by atoms with Crippen LogP contribution in [0.15, 0.2) is 64.3 Å². The number of nitro groups is 1. The molecule has 11 heteroatoms. The summed E-state index contributed by atoms with van der Waals surface area (Å²) in [5.41, 5.74) is 4.29. The number of anilines is 1. The molecule has 0 aliphatic heterocycles. The zero-order valence-corrected chi connectivity index (χ0v) is 18.3. The van der Waals surface area contributed by atoms with Crippen LogP contribution in [0.25, 0.3) is 0 Å². The molecule has 0 fully saturated rings. The second-order valence-corrected chi connectivity index (χ2v) is 7.21. The summed E-state index contributed by atoms with van der Waals surface area (Å²) >= 11 is 3.46. The van der Waals surface area contributed by atoms with Crippen molar-refractivity contribution < 1.29 is 24.3 Å². The molecular formula is C21H17BrN4O6. The number of rotatable bonds is 9. The Kier molecular flexibility index (Phi) is 7.34. The first kappa shape index (κ1) is 22.7. The highest BCUT2D eigenvalue weighted by molar-refractivity contribution is 9.10. The number of hydrazone groups is 1. The number of carboxylic acids is 1. The third kappa shape index (κ3) is 5.79. The summed E-state index contributed by atoms with van der Waals surface area (Å²) < 4.78 is 11.9. The van der Waals surface area contributed by atoms with Gasteiger partial charge in [-0.25, -0.2) is 9.78 Å². The molecule has 32 heavy (non-hydrogen) atoms. The van der Waals surface area contributed by atoms with E-state index in [1.807, 2.05) is 0 Å². The van der Waals surface area contributed by atoms with E-state index in [1.54, 1.807) is 24.3 Å². The number of carboxylic acid groups (broad SMARTS) is 1. The van der Waals surface area contributed by atoms with Gasteiger partial charge in [-0.3, -0.25) is 15.5 Å². The van der Waals surface area contributed by atoms with Crippen molar-refractivity contribution >= 4 is 39.6 Å². The van der Waals surface area contributed by atoms with Crippen molar-refractivity contribution in [3.8, 4) is 11.5 Å². The Morgan fingerprint density at radius 2 is 2.03 bits per heavy atom. The molecule has 3 rings (SSSR count). The molecule has 0 amide bonds. The van der Waals surface area contributed by atoms with E-state index in [0.29, 0.717) is 27.4 Å². The first-order valence-corrected chi connectivity index (χ1v) is 9.88. The summed E-state index contributed by atoms with van der Waals surface area (Å²) in [5.74, 6) is 0.318. The van der Waals surface area contributed by atoms with Crippen LogP contribution < -0.4 is 14.9 Å². The number of aromatic carboxylic acids is 1. The van der Waals surface area contributed by atoms with Crippen LogP contribution in [0, 0.1) is 10.1 Å². The Bertz CT molecular complexity index is 1150. The first-order chi connectivity index (χ1) is 15.4. The van der Waals surface area contributed by atoms with E-state index >= 15 is 0 Å². The fraction of sp³-hybridized carbons (Fsp3) is 0.0952. The number of carbonyl (C=O) groups is 1. The molecule has 0 aliphatic carbocycles. The topological polar surface area (TPSA) is 136 Å². The van der Waals surface area contributed by atoms with Crippen LogP contribution in [0.4, 0.5) is 11.5 Å². The number of hydrogen-bond donors (Lipinski definition) is 2. The van der Waals surface area contributed by atoms with Crippen LogP contribution in [0.2, 0.25) is 0 Å². The van der Waals surface area contributed by atoms with E-state index < -0.39 is 10.9 Å². The summed E-state index contributed by atoms with van der Waals surface area (Å²) in [5, 5.41) is 23.7. The number of nitrogens with zero attached hydrogens (tertiary/aromatic N) is 3. The third-order valence-corrected chi connectivity index (χ3v) is 4.78. The van der Waals surface area contributed by atoms with Crippen molar-refractivity contribution in [2.45, 2.75) is 6.61 Å². The molecule has 1 aromatic heterocycles. The van der Waals surface area contributed by atoms with Gasteiger partial charge in [-0.15, -0.1) is 0 Å². The summed E-state index contributed by atoms with van der Waals surface area (Å²) in [7, 11) is 1.51. The predicted molar refractivity (Wildman–Crippen MR) is 121 cm³/mol. The van der Waals surface area contributed by atoms with E-state index in [-0.39, 0.29) is 17.9 Å². The second kappa shape index (κ2) is 10.4. The number of pyridine rings is 1. The molecule has 0 unspecified atom stereocenters. The largest absolute Gasteiger partial charge is 0.493 e. The molecule has 0 saturated carbocycles. The average molecular weight is 501 g/mol. The van der Waals surface area contributed by atoms with Gasteiger partial charge in [0, 0.05) is 6.07 Å². The maximum Gasteiger partial charge on any atom is 0.335 e. The minimum Gasteiger partial charge on any atom is -0.493 e. The lowest BCUT2D eigenvalue weighted by Gasteiger charge is -2.13. The van der Waals surface area contributed by atoms with Crippen LogP contribution in [-0.2, 0) is 6.61 Å². The molecule has 0 aliphatic rings. The SMILES string of the molecule is COc1cc(C=NNc2ccc([N+](=O)[O-])cn2)cc(Br)c1OCc1ccc(C(=O)O)cc1. The van der Waals surface area contributed by atoms with Gasteiger partial charge in [-0.2, -0.15) is 5.10 Å². The normalized spacial score (nSPS) is 10.7. The maximum atomic E-state index is 10.9. The second-order valence-electron chi connectivity index (χ2n) is 6.35. The number of aromatic nitrogens is 1. The standard InChI is InChI=1S/C21H17BrN4O6/c1-31-18-9-14(10-24-25-19-7-6-16(11-23-19)26(29)30)8-17(22)20(18)32-12-13-2-4-15(5-3-13)21(27)28/h2-11H,12H2,1H3,(H,23,25)(H,27,28). The van der Waals surface area contributed by atoms with Crippen LogP contribution in [0.1, 0.15) is 21.5 Å². The highest BCUT2D eigenvalue weighted by Gasteiger charge is 2.12. The number of halogens is 1. The van der Waals surface area contributed by atoms with Crippen LogP contribution in [0.3, 0.4) is 0 Å². The molecule has 0 atom stereocenters. The summed E-state index contributed by atoms with van der Waals surface area (Å²) in [6, 6.07) is 12.7. The van der Waals surface area contributed by atoms with Crippen molar-refractivity contribution in [1.29, 1.82) is 0 Å². The number of ether oxygens (including phenoxy) is 2. The Morgan fingerprint density at radius 1 is 1.28 bits per heavy atom. The lowest BCUT2D eigenvalue weighted by molar-refractivity contribution is -0.385. The van der Waals surface area contributed by atoms with Gasteiger partial charge in [-0.1, -0.05) is 12.1 Å². The zero-order chi connectivity index (χ0) is 23.1. The first-order valence-electron chi connectivity index (χ1n) is 9.09.